The van der Waals surface area contributed by atoms with E-state index in [0.717, 1.165) is 43.0 Å². The summed E-state index contributed by atoms with van der Waals surface area (Å²) >= 11 is 0. The lowest BCUT2D eigenvalue weighted by molar-refractivity contribution is 0.130. The maximum atomic E-state index is 5.62. The average Bonchev–Trinajstić information content (AvgIpc) is 3.17. The third-order valence-electron chi connectivity index (χ3n) is 3.07. The van der Waals surface area contributed by atoms with Gasteiger partial charge in [-0.15, -0.1) is 0 Å². The van der Waals surface area contributed by atoms with Gasteiger partial charge < -0.3 is 15.4 Å². The Balaban J connectivity index is 1.82. The van der Waals surface area contributed by atoms with Crippen LogP contribution in [0.5, 0.6) is 0 Å². The molecule has 100 valence electrons. The Morgan fingerprint density at radius 1 is 1.44 bits per heavy atom. The molecule has 5 nitrogen and oxygen atoms in total. The molecule has 0 unspecified atom stereocenters. The van der Waals surface area contributed by atoms with Crippen molar-refractivity contribution in [3.8, 4) is 0 Å². The van der Waals surface area contributed by atoms with E-state index in [4.69, 9.17) is 10.5 Å². The van der Waals surface area contributed by atoms with E-state index in [1.54, 1.807) is 0 Å². The van der Waals surface area contributed by atoms with Crippen molar-refractivity contribution in [2.75, 3.05) is 31.7 Å². The SMILES string of the molecule is Cc1cc(CN)nc(N(C)CCOCC2CC2)n1. The molecule has 5 heteroatoms. The first-order valence-corrected chi connectivity index (χ1v) is 6.52. The number of hydrogen-bond acceptors (Lipinski definition) is 5. The first-order chi connectivity index (χ1) is 8.69. The molecule has 0 saturated heterocycles. The second-order valence-electron chi connectivity index (χ2n) is 4.94. The molecule has 2 N–H and O–H groups in total. The van der Waals surface area contributed by atoms with E-state index in [1.807, 2.05) is 24.9 Å². The third-order valence-corrected chi connectivity index (χ3v) is 3.07. The predicted molar refractivity (Wildman–Crippen MR) is 71.5 cm³/mol. The number of anilines is 1. The van der Waals surface area contributed by atoms with Crippen molar-refractivity contribution in [1.82, 2.24) is 9.97 Å². The minimum absolute atomic E-state index is 0.447. The smallest absolute Gasteiger partial charge is 0.225 e. The van der Waals surface area contributed by atoms with Crippen molar-refractivity contribution in [2.45, 2.75) is 26.3 Å². The average molecular weight is 250 g/mol. The van der Waals surface area contributed by atoms with Gasteiger partial charge in [0.25, 0.3) is 0 Å². The van der Waals surface area contributed by atoms with Gasteiger partial charge in [-0.05, 0) is 31.7 Å². The Morgan fingerprint density at radius 3 is 2.89 bits per heavy atom. The fraction of sp³-hybridized carbons (Fsp3) is 0.692. The summed E-state index contributed by atoms with van der Waals surface area (Å²) < 4.78 is 5.61. The quantitative estimate of drug-likeness (QED) is 0.734. The van der Waals surface area contributed by atoms with Gasteiger partial charge in [0.05, 0.1) is 12.3 Å². The van der Waals surface area contributed by atoms with Crippen LogP contribution >= 0.6 is 0 Å². The van der Waals surface area contributed by atoms with Crippen LogP contribution in [0, 0.1) is 12.8 Å². The molecule has 1 aromatic rings. The molecule has 0 radical (unpaired) electrons. The number of aromatic nitrogens is 2. The van der Waals surface area contributed by atoms with Crippen molar-refractivity contribution in [3.63, 3.8) is 0 Å². The van der Waals surface area contributed by atoms with Gasteiger partial charge in [0.15, 0.2) is 0 Å². The Bertz CT molecular complexity index is 393. The first-order valence-electron chi connectivity index (χ1n) is 6.52. The van der Waals surface area contributed by atoms with Crippen molar-refractivity contribution < 1.29 is 4.74 Å². The highest BCUT2D eigenvalue weighted by atomic mass is 16.5. The number of hydrogen-bond donors (Lipinski definition) is 1. The zero-order valence-corrected chi connectivity index (χ0v) is 11.2. The van der Waals surface area contributed by atoms with Gasteiger partial charge in [-0.3, -0.25) is 0 Å². The van der Waals surface area contributed by atoms with Gasteiger partial charge in [-0.25, -0.2) is 9.97 Å². The van der Waals surface area contributed by atoms with Crippen LogP contribution in [0.2, 0.25) is 0 Å². The molecule has 0 bridgehead atoms. The number of rotatable bonds is 7. The van der Waals surface area contributed by atoms with Gasteiger partial charge >= 0.3 is 0 Å². The summed E-state index contributed by atoms with van der Waals surface area (Å²) in [5.74, 6) is 1.54. The van der Waals surface area contributed by atoms with Crippen LogP contribution < -0.4 is 10.6 Å². The number of likely N-dealkylation sites (N-methyl/N-ethyl adjacent to an activating group) is 1. The van der Waals surface area contributed by atoms with Gasteiger partial charge in [0, 0.05) is 32.4 Å². The van der Waals surface area contributed by atoms with E-state index < -0.39 is 0 Å². The van der Waals surface area contributed by atoms with Gasteiger partial charge in [0.1, 0.15) is 0 Å². The fourth-order valence-electron chi connectivity index (χ4n) is 1.73. The first kappa shape index (κ1) is 13.2. The molecule has 1 aromatic heterocycles. The highest BCUT2D eigenvalue weighted by Crippen LogP contribution is 2.28. The van der Waals surface area contributed by atoms with Crippen LogP contribution in [0.3, 0.4) is 0 Å². The highest BCUT2D eigenvalue weighted by molar-refractivity contribution is 5.31. The van der Waals surface area contributed by atoms with Gasteiger partial charge in [0.2, 0.25) is 5.95 Å². The summed E-state index contributed by atoms with van der Waals surface area (Å²) in [5.41, 5.74) is 7.44. The summed E-state index contributed by atoms with van der Waals surface area (Å²) in [7, 11) is 1.98. The number of aryl methyl sites for hydroxylation is 1. The lowest BCUT2D eigenvalue weighted by Crippen LogP contribution is -2.25. The van der Waals surface area contributed by atoms with Crippen LogP contribution in [0.4, 0.5) is 5.95 Å². The molecule has 1 aliphatic carbocycles. The molecule has 0 atom stereocenters. The molecule has 1 fully saturated rings. The molecular weight excluding hydrogens is 228 g/mol. The minimum Gasteiger partial charge on any atom is -0.379 e. The van der Waals surface area contributed by atoms with E-state index in [9.17, 15) is 0 Å². The lowest BCUT2D eigenvalue weighted by Gasteiger charge is -2.18. The Morgan fingerprint density at radius 2 is 2.22 bits per heavy atom. The molecule has 0 amide bonds. The number of nitrogens with two attached hydrogens (primary N) is 1. The zero-order chi connectivity index (χ0) is 13.0. The largest absolute Gasteiger partial charge is 0.379 e. The maximum Gasteiger partial charge on any atom is 0.225 e. The van der Waals surface area contributed by atoms with E-state index in [1.165, 1.54) is 12.8 Å². The molecule has 18 heavy (non-hydrogen) atoms. The van der Waals surface area contributed by atoms with Crippen molar-refractivity contribution in [1.29, 1.82) is 0 Å². The molecule has 2 rings (SSSR count). The van der Waals surface area contributed by atoms with E-state index in [0.29, 0.717) is 6.54 Å². The Labute approximate surface area is 108 Å². The zero-order valence-electron chi connectivity index (χ0n) is 11.2. The second kappa shape index (κ2) is 6.11. The van der Waals surface area contributed by atoms with E-state index in [2.05, 4.69) is 9.97 Å². The van der Waals surface area contributed by atoms with Crippen molar-refractivity contribution in [3.05, 3.63) is 17.5 Å². The molecule has 0 aromatic carbocycles. The summed E-state index contributed by atoms with van der Waals surface area (Å²) in [6.45, 7) is 4.84. The van der Waals surface area contributed by atoms with E-state index >= 15 is 0 Å². The van der Waals surface area contributed by atoms with Crippen molar-refractivity contribution >= 4 is 5.95 Å². The molecular formula is C13H22N4O. The molecule has 1 aliphatic rings. The summed E-state index contributed by atoms with van der Waals surface area (Å²) in [5, 5.41) is 0. The molecule has 1 saturated carbocycles. The van der Waals surface area contributed by atoms with Crippen LogP contribution in [0.25, 0.3) is 0 Å². The monoisotopic (exact) mass is 250 g/mol. The second-order valence-corrected chi connectivity index (χ2v) is 4.94. The Hall–Kier alpha value is -1.20. The van der Waals surface area contributed by atoms with Gasteiger partial charge in [-0.1, -0.05) is 0 Å². The lowest BCUT2D eigenvalue weighted by atomic mass is 10.3. The summed E-state index contributed by atoms with van der Waals surface area (Å²) in [4.78, 5) is 10.8. The predicted octanol–water partition coefficient (Wildman–Crippen LogP) is 1.11. The number of nitrogens with zero attached hydrogens (tertiary/aromatic N) is 3. The third kappa shape index (κ3) is 3.92. The van der Waals surface area contributed by atoms with Crippen LogP contribution in [-0.2, 0) is 11.3 Å². The molecule has 0 spiro atoms. The Kier molecular flexibility index (Phi) is 4.49. The normalized spacial score (nSPS) is 14.8. The highest BCUT2D eigenvalue weighted by Gasteiger charge is 2.21. The number of ether oxygens (including phenoxy) is 1. The summed E-state index contributed by atoms with van der Waals surface area (Å²) in [6, 6.07) is 1.92. The topological polar surface area (TPSA) is 64.3 Å². The fourth-order valence-corrected chi connectivity index (χ4v) is 1.73. The van der Waals surface area contributed by atoms with Gasteiger partial charge in [-0.2, -0.15) is 0 Å². The van der Waals surface area contributed by atoms with Crippen LogP contribution in [0.15, 0.2) is 6.07 Å². The summed E-state index contributed by atoms with van der Waals surface area (Å²) in [6.07, 6.45) is 2.66. The van der Waals surface area contributed by atoms with Crippen LogP contribution in [0.1, 0.15) is 24.2 Å². The molecule has 0 aliphatic heterocycles. The molecule has 1 heterocycles. The van der Waals surface area contributed by atoms with Crippen molar-refractivity contribution in [2.24, 2.45) is 11.7 Å². The van der Waals surface area contributed by atoms with Crippen LogP contribution in [-0.4, -0.2) is 36.8 Å². The minimum atomic E-state index is 0.447. The van der Waals surface area contributed by atoms with E-state index in [-0.39, 0.29) is 0 Å². The standard InChI is InChI=1S/C13H22N4O/c1-10-7-12(8-14)16-13(15-10)17(2)5-6-18-9-11-3-4-11/h7,11H,3-6,8-9,14H2,1-2H3. The maximum absolute atomic E-state index is 5.62.